The van der Waals surface area contributed by atoms with Crippen molar-refractivity contribution in [2.45, 2.75) is 25.2 Å². The van der Waals surface area contributed by atoms with Gasteiger partial charge in [-0.2, -0.15) is 0 Å². The minimum atomic E-state index is -3.20. The van der Waals surface area contributed by atoms with Crippen LogP contribution in [0, 0.1) is 5.82 Å². The summed E-state index contributed by atoms with van der Waals surface area (Å²) >= 11 is 0. The summed E-state index contributed by atoms with van der Waals surface area (Å²) in [5.74, 6) is -2.03. The smallest absolute Gasteiger partial charge is 0.315 e. The van der Waals surface area contributed by atoms with Crippen molar-refractivity contribution in [2.75, 3.05) is 18.1 Å². The Labute approximate surface area is 123 Å². The van der Waals surface area contributed by atoms with Crippen molar-refractivity contribution in [1.29, 1.82) is 0 Å². The van der Waals surface area contributed by atoms with Gasteiger partial charge < -0.3 is 10.8 Å². The maximum absolute atomic E-state index is 13.9. The van der Waals surface area contributed by atoms with E-state index in [1.165, 1.54) is 31.2 Å². The van der Waals surface area contributed by atoms with E-state index in [1.54, 1.807) is 0 Å². The zero-order valence-corrected chi connectivity index (χ0v) is 12.7. The van der Waals surface area contributed by atoms with Crippen molar-refractivity contribution in [3.8, 4) is 0 Å². The molecule has 5 nitrogen and oxygen atoms in total. The van der Waals surface area contributed by atoms with Gasteiger partial charge >= 0.3 is 5.97 Å². The average molecular weight is 317 g/mol. The molecule has 1 aromatic carbocycles. The first-order chi connectivity index (χ1) is 9.79. The van der Waals surface area contributed by atoms with E-state index in [-0.39, 0.29) is 36.5 Å². The molecule has 7 heteroatoms. The van der Waals surface area contributed by atoms with Gasteiger partial charge in [-0.15, -0.1) is 0 Å². The molecular formula is C14H20FNO4S. The summed E-state index contributed by atoms with van der Waals surface area (Å²) in [6.07, 6.45) is 0.0903. The van der Waals surface area contributed by atoms with Crippen LogP contribution >= 0.6 is 0 Å². The van der Waals surface area contributed by atoms with Crippen molar-refractivity contribution in [1.82, 2.24) is 0 Å². The number of nitrogens with two attached hydrogens (primary N) is 1. The molecule has 0 aromatic heterocycles. The summed E-state index contributed by atoms with van der Waals surface area (Å²) in [4.78, 5) is 11.6. The zero-order valence-electron chi connectivity index (χ0n) is 11.9. The highest BCUT2D eigenvalue weighted by Gasteiger charge is 2.40. The summed E-state index contributed by atoms with van der Waals surface area (Å²) < 4.78 is 36.9. The molecule has 0 bridgehead atoms. The number of carbonyl (C=O) groups is 1. The van der Waals surface area contributed by atoms with Crippen LogP contribution in [-0.4, -0.2) is 37.5 Å². The fraction of sp³-hybridized carbons (Fsp3) is 0.500. The largest absolute Gasteiger partial charge is 0.481 e. The Kier molecular flexibility index (Phi) is 5.86. The lowest BCUT2D eigenvalue weighted by Crippen LogP contribution is -2.44. The molecule has 0 saturated heterocycles. The van der Waals surface area contributed by atoms with Crippen LogP contribution in [0.1, 0.15) is 25.3 Å². The van der Waals surface area contributed by atoms with E-state index in [9.17, 15) is 22.7 Å². The second-order valence-corrected chi connectivity index (χ2v) is 7.38. The van der Waals surface area contributed by atoms with Gasteiger partial charge in [-0.1, -0.05) is 25.1 Å². The fourth-order valence-electron chi connectivity index (χ4n) is 2.24. The molecule has 1 aromatic rings. The number of sulfone groups is 1. The number of carboxylic acid groups (broad SMARTS) is 1. The van der Waals surface area contributed by atoms with Crippen molar-refractivity contribution < 1.29 is 22.7 Å². The molecule has 1 unspecified atom stereocenters. The number of carboxylic acids is 1. The Hall–Kier alpha value is -1.47. The molecule has 0 saturated carbocycles. The van der Waals surface area contributed by atoms with Crippen LogP contribution in [0.15, 0.2) is 24.3 Å². The summed E-state index contributed by atoms with van der Waals surface area (Å²) in [6, 6.07) is 5.55. The normalized spacial score (nSPS) is 14.6. The standard InChI is InChI=1S/C14H20FNO4S/c1-2-21(19,20)9-5-8-14(10-16,13(17)18)11-6-3-4-7-12(11)15/h3-4,6-7H,2,5,8-10,16H2,1H3,(H,17,18). The second kappa shape index (κ2) is 7.00. The summed E-state index contributed by atoms with van der Waals surface area (Å²) in [7, 11) is -3.20. The highest BCUT2D eigenvalue weighted by atomic mass is 32.2. The van der Waals surface area contributed by atoms with E-state index in [0.29, 0.717) is 0 Å². The minimum Gasteiger partial charge on any atom is -0.481 e. The summed E-state index contributed by atoms with van der Waals surface area (Å²) in [6.45, 7) is 1.23. The van der Waals surface area contributed by atoms with E-state index in [2.05, 4.69) is 0 Å². The summed E-state index contributed by atoms with van der Waals surface area (Å²) in [5.41, 5.74) is 3.99. The Morgan fingerprint density at radius 2 is 2.00 bits per heavy atom. The number of hydrogen-bond acceptors (Lipinski definition) is 4. The molecule has 21 heavy (non-hydrogen) atoms. The van der Waals surface area contributed by atoms with E-state index >= 15 is 0 Å². The first kappa shape index (κ1) is 17.6. The molecule has 118 valence electrons. The zero-order chi connectivity index (χ0) is 16.1. The van der Waals surface area contributed by atoms with Gasteiger partial charge in [-0.05, 0) is 18.9 Å². The van der Waals surface area contributed by atoms with Crippen molar-refractivity contribution >= 4 is 15.8 Å². The van der Waals surface area contributed by atoms with E-state index in [4.69, 9.17) is 5.73 Å². The van der Waals surface area contributed by atoms with Crippen LogP contribution in [0.3, 0.4) is 0 Å². The number of rotatable bonds is 8. The third-order valence-corrected chi connectivity index (χ3v) is 5.44. The molecule has 0 fully saturated rings. The maximum Gasteiger partial charge on any atom is 0.315 e. The van der Waals surface area contributed by atoms with Crippen LogP contribution in [-0.2, 0) is 20.0 Å². The Morgan fingerprint density at radius 3 is 2.48 bits per heavy atom. The van der Waals surface area contributed by atoms with Gasteiger partial charge in [0.15, 0.2) is 0 Å². The first-order valence-electron chi connectivity index (χ1n) is 6.68. The third kappa shape index (κ3) is 4.01. The molecule has 3 N–H and O–H groups in total. The summed E-state index contributed by atoms with van der Waals surface area (Å²) in [5, 5.41) is 9.49. The van der Waals surface area contributed by atoms with E-state index in [0.717, 1.165) is 0 Å². The molecule has 0 aliphatic heterocycles. The van der Waals surface area contributed by atoms with Gasteiger partial charge in [0.25, 0.3) is 0 Å². The van der Waals surface area contributed by atoms with E-state index in [1.807, 2.05) is 0 Å². The van der Waals surface area contributed by atoms with Crippen molar-refractivity contribution in [3.63, 3.8) is 0 Å². The van der Waals surface area contributed by atoms with Gasteiger partial charge in [0.1, 0.15) is 21.1 Å². The van der Waals surface area contributed by atoms with Gasteiger partial charge in [0.2, 0.25) is 0 Å². The van der Waals surface area contributed by atoms with Crippen molar-refractivity contribution in [2.24, 2.45) is 5.73 Å². The van der Waals surface area contributed by atoms with Crippen LogP contribution < -0.4 is 5.73 Å². The number of aliphatic carboxylic acids is 1. The molecule has 0 aliphatic carbocycles. The SMILES string of the molecule is CCS(=O)(=O)CCCC(CN)(C(=O)O)c1ccccc1F. The Balaban J connectivity index is 3.06. The first-order valence-corrected chi connectivity index (χ1v) is 8.50. The number of halogens is 1. The van der Waals surface area contributed by atoms with Gasteiger partial charge in [0.05, 0.1) is 5.75 Å². The monoisotopic (exact) mass is 317 g/mol. The topological polar surface area (TPSA) is 97.5 Å². The molecular weight excluding hydrogens is 297 g/mol. The highest BCUT2D eigenvalue weighted by Crippen LogP contribution is 2.31. The molecule has 0 radical (unpaired) electrons. The Bertz CT molecular complexity index is 603. The van der Waals surface area contributed by atoms with Crippen LogP contribution in [0.2, 0.25) is 0 Å². The van der Waals surface area contributed by atoms with Gasteiger partial charge in [0, 0.05) is 17.9 Å². The predicted octanol–water partition coefficient (Wildman–Crippen LogP) is 1.32. The lowest BCUT2D eigenvalue weighted by atomic mass is 9.76. The third-order valence-electron chi connectivity index (χ3n) is 3.65. The van der Waals surface area contributed by atoms with Crippen molar-refractivity contribution in [3.05, 3.63) is 35.6 Å². The average Bonchev–Trinajstić information content (AvgIpc) is 2.44. The molecule has 1 atom stereocenters. The second-order valence-electron chi connectivity index (χ2n) is 4.91. The molecule has 0 aliphatic rings. The van der Waals surface area contributed by atoms with Crippen LogP contribution in [0.5, 0.6) is 0 Å². The predicted molar refractivity (Wildman–Crippen MR) is 78.3 cm³/mol. The molecule has 0 heterocycles. The molecule has 0 amide bonds. The van der Waals surface area contributed by atoms with Crippen LogP contribution in [0.25, 0.3) is 0 Å². The highest BCUT2D eigenvalue weighted by molar-refractivity contribution is 7.91. The lowest BCUT2D eigenvalue weighted by molar-refractivity contribution is -0.144. The quantitative estimate of drug-likeness (QED) is 0.753. The lowest BCUT2D eigenvalue weighted by Gasteiger charge is -2.28. The van der Waals surface area contributed by atoms with E-state index < -0.39 is 27.0 Å². The number of hydrogen-bond donors (Lipinski definition) is 2. The van der Waals surface area contributed by atoms with Gasteiger partial charge in [-0.3, -0.25) is 4.79 Å². The molecule has 0 spiro atoms. The number of benzene rings is 1. The minimum absolute atomic E-state index is 0.00457. The van der Waals surface area contributed by atoms with Crippen LogP contribution in [0.4, 0.5) is 4.39 Å². The van der Waals surface area contributed by atoms with Gasteiger partial charge in [-0.25, -0.2) is 12.8 Å². The Morgan fingerprint density at radius 1 is 1.38 bits per heavy atom. The maximum atomic E-state index is 13.9. The molecule has 1 rings (SSSR count). The fourth-order valence-corrected chi connectivity index (χ4v) is 3.12.